The third kappa shape index (κ3) is 2.97. The first kappa shape index (κ1) is 14.6. The maximum Gasteiger partial charge on any atom is 0.252 e. The topological polar surface area (TPSA) is 50.4 Å². The lowest BCUT2D eigenvalue weighted by Crippen LogP contribution is -2.29. The zero-order valence-corrected chi connectivity index (χ0v) is 12.7. The quantitative estimate of drug-likeness (QED) is 0.852. The fourth-order valence-corrected chi connectivity index (χ4v) is 2.77. The molecule has 0 aromatic heterocycles. The van der Waals surface area contributed by atoms with Crippen molar-refractivity contribution in [2.75, 3.05) is 26.7 Å². The van der Waals surface area contributed by atoms with Crippen LogP contribution in [0.4, 0.5) is 0 Å². The minimum Gasteiger partial charge on any atom is -0.496 e. The van der Waals surface area contributed by atoms with Gasteiger partial charge in [-0.05, 0) is 30.5 Å². The lowest BCUT2D eigenvalue weighted by atomic mass is 10.0. The third-order valence-corrected chi connectivity index (χ3v) is 3.98. The van der Waals surface area contributed by atoms with Crippen LogP contribution in [-0.2, 0) is 0 Å². The first-order chi connectivity index (χ1) is 10.8. The van der Waals surface area contributed by atoms with Gasteiger partial charge in [-0.3, -0.25) is 4.79 Å². The molecule has 22 heavy (non-hydrogen) atoms. The molecule has 1 heterocycles. The van der Waals surface area contributed by atoms with E-state index in [1.54, 1.807) is 7.11 Å². The summed E-state index contributed by atoms with van der Waals surface area (Å²) >= 11 is 0. The number of ether oxygens (including phenoxy) is 1. The molecule has 1 aliphatic heterocycles. The van der Waals surface area contributed by atoms with Gasteiger partial charge in [0, 0.05) is 24.0 Å². The number of hydrogen-bond acceptors (Lipinski definition) is 3. The van der Waals surface area contributed by atoms with E-state index >= 15 is 0 Å². The van der Waals surface area contributed by atoms with Crippen LogP contribution in [0.25, 0.3) is 10.8 Å². The van der Waals surface area contributed by atoms with Gasteiger partial charge in [-0.25, -0.2) is 0 Å². The second kappa shape index (κ2) is 6.62. The molecular weight excluding hydrogens is 276 g/mol. The molecule has 0 atom stereocenters. The smallest absolute Gasteiger partial charge is 0.252 e. The number of carbonyl (C=O) groups excluding carboxylic acids is 1. The monoisotopic (exact) mass is 296 g/mol. The average molecular weight is 296 g/mol. The minimum absolute atomic E-state index is 0.0433. The molecule has 1 aliphatic rings. The van der Waals surface area contributed by atoms with E-state index in [0.29, 0.717) is 12.1 Å². The predicted octanol–water partition coefficient (Wildman–Crippen LogP) is 2.50. The normalized spacial score (nSPS) is 14.5. The van der Waals surface area contributed by atoms with Gasteiger partial charge in [0.15, 0.2) is 0 Å². The van der Waals surface area contributed by atoms with Crippen LogP contribution in [0, 0.1) is 0 Å². The number of methoxy groups -OCH3 is 1. The number of carbonyl (C=O) groups is 1. The van der Waals surface area contributed by atoms with Crippen molar-refractivity contribution >= 4 is 16.7 Å². The molecule has 2 N–H and O–H groups in total. The van der Waals surface area contributed by atoms with E-state index in [4.69, 9.17) is 4.74 Å². The SMILES string of the molecule is COc1ccc(C(=O)NCC2=CCNCC2)c2ccccc12. The van der Waals surface area contributed by atoms with E-state index < -0.39 is 0 Å². The van der Waals surface area contributed by atoms with E-state index in [2.05, 4.69) is 16.7 Å². The van der Waals surface area contributed by atoms with E-state index in [-0.39, 0.29) is 5.91 Å². The van der Waals surface area contributed by atoms with Crippen LogP contribution in [0.5, 0.6) is 5.75 Å². The Morgan fingerprint density at radius 1 is 1.23 bits per heavy atom. The van der Waals surface area contributed by atoms with Crippen molar-refractivity contribution < 1.29 is 9.53 Å². The summed E-state index contributed by atoms with van der Waals surface area (Å²) in [4.78, 5) is 12.5. The fraction of sp³-hybridized carbons (Fsp3) is 0.278. The Balaban J connectivity index is 1.83. The molecule has 0 radical (unpaired) electrons. The van der Waals surface area contributed by atoms with Crippen LogP contribution in [0.2, 0.25) is 0 Å². The van der Waals surface area contributed by atoms with Gasteiger partial charge in [-0.2, -0.15) is 0 Å². The Kier molecular flexibility index (Phi) is 4.39. The summed E-state index contributed by atoms with van der Waals surface area (Å²) in [5.41, 5.74) is 1.97. The van der Waals surface area contributed by atoms with Gasteiger partial charge < -0.3 is 15.4 Å². The van der Waals surface area contributed by atoms with Gasteiger partial charge in [0.05, 0.1) is 7.11 Å². The Hall–Kier alpha value is -2.33. The number of rotatable bonds is 4. The second-order valence-corrected chi connectivity index (χ2v) is 5.36. The molecular formula is C18H20N2O2. The summed E-state index contributed by atoms with van der Waals surface area (Å²) in [6.07, 6.45) is 3.14. The number of amides is 1. The molecule has 0 saturated carbocycles. The van der Waals surface area contributed by atoms with Crippen LogP contribution in [0.15, 0.2) is 48.0 Å². The minimum atomic E-state index is -0.0433. The Labute approximate surface area is 130 Å². The van der Waals surface area contributed by atoms with Crippen molar-refractivity contribution in [1.29, 1.82) is 0 Å². The highest BCUT2D eigenvalue weighted by molar-refractivity contribution is 6.08. The maximum absolute atomic E-state index is 12.5. The van der Waals surface area contributed by atoms with Crippen LogP contribution in [0.3, 0.4) is 0 Å². The van der Waals surface area contributed by atoms with Gasteiger partial charge >= 0.3 is 0 Å². The van der Waals surface area contributed by atoms with Crippen LogP contribution >= 0.6 is 0 Å². The number of nitrogens with one attached hydrogen (secondary N) is 2. The van der Waals surface area contributed by atoms with E-state index in [1.807, 2.05) is 36.4 Å². The molecule has 2 aromatic carbocycles. The van der Waals surface area contributed by atoms with Crippen molar-refractivity contribution in [1.82, 2.24) is 10.6 Å². The maximum atomic E-state index is 12.5. The van der Waals surface area contributed by atoms with Crippen molar-refractivity contribution in [2.24, 2.45) is 0 Å². The van der Waals surface area contributed by atoms with Crippen molar-refractivity contribution in [2.45, 2.75) is 6.42 Å². The summed E-state index contributed by atoms with van der Waals surface area (Å²) in [5, 5.41) is 8.16. The fourth-order valence-electron chi connectivity index (χ4n) is 2.77. The molecule has 114 valence electrons. The zero-order chi connectivity index (χ0) is 15.4. The Bertz CT molecular complexity index is 722. The van der Waals surface area contributed by atoms with Gasteiger partial charge in [0.25, 0.3) is 5.91 Å². The van der Waals surface area contributed by atoms with Crippen molar-refractivity contribution in [3.8, 4) is 5.75 Å². The van der Waals surface area contributed by atoms with Gasteiger partial charge in [0.1, 0.15) is 5.75 Å². The van der Waals surface area contributed by atoms with Gasteiger partial charge in [0.2, 0.25) is 0 Å². The molecule has 0 aliphatic carbocycles. The highest BCUT2D eigenvalue weighted by Crippen LogP contribution is 2.28. The summed E-state index contributed by atoms with van der Waals surface area (Å²) in [6.45, 7) is 2.48. The van der Waals surface area contributed by atoms with E-state index in [9.17, 15) is 4.79 Å². The number of fused-ring (bicyclic) bond motifs is 1. The lowest BCUT2D eigenvalue weighted by molar-refractivity contribution is 0.0958. The summed E-state index contributed by atoms with van der Waals surface area (Å²) in [5.74, 6) is 0.742. The lowest BCUT2D eigenvalue weighted by Gasteiger charge is -2.15. The summed E-state index contributed by atoms with van der Waals surface area (Å²) in [7, 11) is 1.64. The number of benzene rings is 2. The molecule has 0 spiro atoms. The van der Waals surface area contributed by atoms with Crippen molar-refractivity contribution in [3.63, 3.8) is 0 Å². The highest BCUT2D eigenvalue weighted by Gasteiger charge is 2.13. The molecule has 4 nitrogen and oxygen atoms in total. The average Bonchev–Trinajstić information content (AvgIpc) is 2.59. The zero-order valence-electron chi connectivity index (χ0n) is 12.7. The Morgan fingerprint density at radius 3 is 2.77 bits per heavy atom. The van der Waals surface area contributed by atoms with Gasteiger partial charge in [-0.1, -0.05) is 35.9 Å². The van der Waals surface area contributed by atoms with E-state index in [0.717, 1.165) is 36.0 Å². The highest BCUT2D eigenvalue weighted by atomic mass is 16.5. The summed E-state index contributed by atoms with van der Waals surface area (Å²) < 4.78 is 5.37. The van der Waals surface area contributed by atoms with Gasteiger partial charge in [-0.15, -0.1) is 0 Å². The first-order valence-electron chi connectivity index (χ1n) is 7.52. The van der Waals surface area contributed by atoms with Crippen LogP contribution in [-0.4, -0.2) is 32.7 Å². The molecule has 0 unspecified atom stereocenters. The molecule has 2 aromatic rings. The first-order valence-corrected chi connectivity index (χ1v) is 7.52. The van der Waals surface area contributed by atoms with Crippen molar-refractivity contribution in [3.05, 3.63) is 53.6 Å². The largest absolute Gasteiger partial charge is 0.496 e. The molecule has 1 amide bonds. The van der Waals surface area contributed by atoms with E-state index in [1.165, 1.54) is 5.57 Å². The molecule has 4 heteroatoms. The predicted molar refractivity (Wildman–Crippen MR) is 88.4 cm³/mol. The van der Waals surface area contributed by atoms with Crippen LogP contribution in [0.1, 0.15) is 16.8 Å². The molecule has 0 saturated heterocycles. The molecule has 3 rings (SSSR count). The van der Waals surface area contributed by atoms with Crippen LogP contribution < -0.4 is 15.4 Å². The second-order valence-electron chi connectivity index (χ2n) is 5.36. The summed E-state index contributed by atoms with van der Waals surface area (Å²) in [6, 6.07) is 11.5. The number of hydrogen-bond donors (Lipinski definition) is 2. The standard InChI is InChI=1S/C18H20N2O2/c1-22-17-7-6-16(14-4-2-3-5-15(14)17)18(21)20-12-13-8-10-19-11-9-13/h2-8,19H,9-12H2,1H3,(H,20,21). The molecule has 0 fully saturated rings. The third-order valence-electron chi connectivity index (χ3n) is 3.98. The molecule has 0 bridgehead atoms. The Morgan fingerprint density at radius 2 is 2.05 bits per heavy atom.